The Kier molecular flexibility index (Phi) is 6.20. The third-order valence-corrected chi connectivity index (χ3v) is 3.45. The molecule has 0 aliphatic heterocycles. The zero-order valence-corrected chi connectivity index (χ0v) is 12.3. The van der Waals surface area contributed by atoms with E-state index in [0.29, 0.717) is 24.5 Å². The maximum absolute atomic E-state index is 10.4. The third kappa shape index (κ3) is 7.76. The van der Waals surface area contributed by atoms with Gasteiger partial charge in [-0.15, -0.1) is 0 Å². The first-order valence-corrected chi connectivity index (χ1v) is 7.90. The van der Waals surface area contributed by atoms with Crippen molar-refractivity contribution in [3.05, 3.63) is 29.8 Å². The number of hydrogen-bond donors (Lipinski definition) is 2. The van der Waals surface area contributed by atoms with Crippen LogP contribution in [0.2, 0.25) is 0 Å². The first-order chi connectivity index (χ1) is 8.87. The Hall–Kier alpha value is -1.18. The molecule has 0 spiro atoms. The van der Waals surface area contributed by atoms with Gasteiger partial charge in [0.25, 0.3) is 0 Å². The van der Waals surface area contributed by atoms with Crippen LogP contribution in [-0.4, -0.2) is 30.4 Å². The van der Waals surface area contributed by atoms with E-state index in [4.69, 9.17) is 12.2 Å². The number of thiocarbonyl (C=S) groups is 1. The predicted octanol–water partition coefficient (Wildman–Crippen LogP) is 1.61. The average Bonchev–Trinajstić information content (AvgIpc) is 2.30. The topological polar surface area (TPSA) is 81.3 Å². The molecule has 0 saturated heterocycles. The minimum atomic E-state index is -4.10. The van der Waals surface area contributed by atoms with Crippen molar-refractivity contribution in [2.24, 2.45) is 0 Å². The molecule has 0 amide bonds. The van der Waals surface area contributed by atoms with Gasteiger partial charge >= 0.3 is 0 Å². The van der Waals surface area contributed by atoms with Crippen LogP contribution in [0.3, 0.4) is 0 Å². The highest BCUT2D eigenvalue weighted by atomic mass is 32.2. The van der Waals surface area contributed by atoms with Gasteiger partial charge in [-0.3, -0.25) is 0 Å². The third-order valence-electron chi connectivity index (χ3n) is 2.42. The number of unbranched alkanes of at least 4 members (excludes halogenated alkanes) is 1. The summed E-state index contributed by atoms with van der Waals surface area (Å²) in [4.78, 5) is 0. The van der Waals surface area contributed by atoms with E-state index in [-0.39, 0.29) is 5.75 Å². The standard InChI is InChI=1S/C12H18N2O3S2/c1-10-4-6-11(7-5-10)14-12(18)13-8-2-3-9-19(15,16)17/h4-7H,2-3,8-9H2,1H3,(H2,13,14,18)(H,15,16,17)/p-1. The molecule has 19 heavy (non-hydrogen) atoms. The molecule has 0 aliphatic rings. The Morgan fingerprint density at radius 3 is 2.47 bits per heavy atom. The van der Waals surface area contributed by atoms with Crippen molar-refractivity contribution in [2.75, 3.05) is 17.6 Å². The number of nitrogens with one attached hydrogen (secondary N) is 2. The summed E-state index contributed by atoms with van der Waals surface area (Å²) in [5.74, 6) is -0.327. The van der Waals surface area contributed by atoms with Crippen molar-refractivity contribution in [3.8, 4) is 0 Å². The molecule has 0 aliphatic carbocycles. The summed E-state index contributed by atoms with van der Waals surface area (Å²) in [6.07, 6.45) is 0.920. The normalized spacial score (nSPS) is 11.1. The first-order valence-electron chi connectivity index (χ1n) is 5.92. The van der Waals surface area contributed by atoms with Crippen LogP contribution in [0.25, 0.3) is 0 Å². The van der Waals surface area contributed by atoms with Gasteiger partial charge in [0.1, 0.15) is 0 Å². The number of anilines is 1. The molecule has 0 radical (unpaired) electrons. The lowest BCUT2D eigenvalue weighted by atomic mass is 10.2. The quantitative estimate of drug-likeness (QED) is 0.472. The molecular formula is C12H17N2O3S2-. The zero-order chi connectivity index (χ0) is 14.3. The maximum Gasteiger partial charge on any atom is 0.170 e. The van der Waals surface area contributed by atoms with Crippen molar-refractivity contribution in [3.63, 3.8) is 0 Å². The highest BCUT2D eigenvalue weighted by Crippen LogP contribution is 2.08. The van der Waals surface area contributed by atoms with E-state index >= 15 is 0 Å². The SMILES string of the molecule is Cc1ccc(NC(=S)NCCCCS(=O)(=O)[O-])cc1. The van der Waals surface area contributed by atoms with Crippen LogP contribution in [0.5, 0.6) is 0 Å². The molecule has 0 fully saturated rings. The van der Waals surface area contributed by atoms with Gasteiger partial charge in [-0.2, -0.15) is 0 Å². The van der Waals surface area contributed by atoms with Crippen LogP contribution in [0.4, 0.5) is 5.69 Å². The summed E-state index contributed by atoms with van der Waals surface area (Å²) < 4.78 is 31.1. The van der Waals surface area contributed by atoms with E-state index in [0.717, 1.165) is 5.69 Å². The molecular weight excluding hydrogens is 284 g/mol. The minimum absolute atomic E-state index is 0.327. The van der Waals surface area contributed by atoms with Gasteiger partial charge in [0, 0.05) is 18.0 Å². The van der Waals surface area contributed by atoms with Gasteiger partial charge < -0.3 is 15.2 Å². The van der Waals surface area contributed by atoms with Crippen molar-refractivity contribution in [1.29, 1.82) is 0 Å². The largest absolute Gasteiger partial charge is 0.748 e. The molecule has 1 aromatic carbocycles. The Balaban J connectivity index is 2.20. The molecule has 2 N–H and O–H groups in total. The molecule has 0 saturated carbocycles. The molecule has 1 aromatic rings. The molecule has 0 heterocycles. The summed E-state index contributed by atoms with van der Waals surface area (Å²) in [6, 6.07) is 7.80. The second-order valence-corrected chi connectivity index (χ2v) is 6.15. The van der Waals surface area contributed by atoms with Gasteiger partial charge in [0.05, 0.1) is 10.1 Å². The van der Waals surface area contributed by atoms with Crippen LogP contribution >= 0.6 is 12.2 Å². The van der Waals surface area contributed by atoms with Crippen molar-refractivity contribution < 1.29 is 13.0 Å². The van der Waals surface area contributed by atoms with Gasteiger partial charge in [-0.1, -0.05) is 17.7 Å². The second kappa shape index (κ2) is 7.42. The summed E-state index contributed by atoms with van der Waals surface area (Å²) in [7, 11) is -4.10. The Bertz CT molecular complexity index is 512. The van der Waals surface area contributed by atoms with Crippen LogP contribution in [0.1, 0.15) is 18.4 Å². The molecule has 7 heteroatoms. The predicted molar refractivity (Wildman–Crippen MR) is 79.2 cm³/mol. The number of aryl methyl sites for hydroxylation is 1. The van der Waals surface area contributed by atoms with Crippen LogP contribution < -0.4 is 10.6 Å². The van der Waals surface area contributed by atoms with Gasteiger partial charge in [-0.25, -0.2) is 8.42 Å². The first kappa shape index (κ1) is 15.9. The lowest BCUT2D eigenvalue weighted by molar-refractivity contribution is 0.460. The number of rotatable bonds is 6. The van der Waals surface area contributed by atoms with Crippen molar-refractivity contribution >= 4 is 33.1 Å². The van der Waals surface area contributed by atoms with Gasteiger partial charge in [-0.05, 0) is 44.1 Å². The summed E-state index contributed by atoms with van der Waals surface area (Å²) in [6.45, 7) is 2.54. The molecule has 106 valence electrons. The van der Waals surface area contributed by atoms with Crippen LogP contribution in [0.15, 0.2) is 24.3 Å². The summed E-state index contributed by atoms with van der Waals surface area (Å²) >= 11 is 5.09. The fourth-order valence-corrected chi connectivity index (χ4v) is 2.20. The fourth-order valence-electron chi connectivity index (χ4n) is 1.42. The van der Waals surface area contributed by atoms with E-state index in [1.807, 2.05) is 31.2 Å². The van der Waals surface area contributed by atoms with E-state index in [2.05, 4.69) is 10.6 Å². The van der Waals surface area contributed by atoms with Crippen molar-refractivity contribution in [2.45, 2.75) is 19.8 Å². The molecule has 0 bridgehead atoms. The lowest BCUT2D eigenvalue weighted by Gasteiger charge is -2.11. The Morgan fingerprint density at radius 1 is 1.26 bits per heavy atom. The second-order valence-electron chi connectivity index (χ2n) is 4.22. The lowest BCUT2D eigenvalue weighted by Crippen LogP contribution is -2.29. The highest BCUT2D eigenvalue weighted by molar-refractivity contribution is 7.85. The average molecular weight is 301 g/mol. The maximum atomic E-state index is 10.4. The zero-order valence-electron chi connectivity index (χ0n) is 10.7. The highest BCUT2D eigenvalue weighted by Gasteiger charge is 1.98. The van der Waals surface area contributed by atoms with E-state index in [9.17, 15) is 13.0 Å². The summed E-state index contributed by atoms with van der Waals surface area (Å²) in [5.41, 5.74) is 2.06. The number of hydrogen-bond acceptors (Lipinski definition) is 4. The minimum Gasteiger partial charge on any atom is -0.748 e. The van der Waals surface area contributed by atoms with E-state index < -0.39 is 10.1 Å². The Labute approximate surface area is 119 Å². The molecule has 1 rings (SSSR count). The molecule has 0 unspecified atom stereocenters. The molecule has 0 atom stereocenters. The van der Waals surface area contributed by atoms with E-state index in [1.165, 1.54) is 5.56 Å². The molecule has 0 aromatic heterocycles. The van der Waals surface area contributed by atoms with E-state index in [1.54, 1.807) is 0 Å². The smallest absolute Gasteiger partial charge is 0.170 e. The van der Waals surface area contributed by atoms with Crippen LogP contribution in [0, 0.1) is 6.92 Å². The van der Waals surface area contributed by atoms with Gasteiger partial charge in [0.15, 0.2) is 5.11 Å². The van der Waals surface area contributed by atoms with Gasteiger partial charge in [0.2, 0.25) is 0 Å². The monoisotopic (exact) mass is 301 g/mol. The number of benzene rings is 1. The fraction of sp³-hybridized carbons (Fsp3) is 0.417. The summed E-state index contributed by atoms with van der Waals surface area (Å²) in [5, 5.41) is 6.45. The van der Waals surface area contributed by atoms with Crippen molar-refractivity contribution in [1.82, 2.24) is 5.32 Å². The van der Waals surface area contributed by atoms with Crippen LogP contribution in [-0.2, 0) is 10.1 Å². The molecule has 5 nitrogen and oxygen atoms in total. The Morgan fingerprint density at radius 2 is 1.89 bits per heavy atom.